The van der Waals surface area contributed by atoms with Gasteiger partial charge in [-0.05, 0) is 31.4 Å². The van der Waals surface area contributed by atoms with Crippen LogP contribution in [0.3, 0.4) is 0 Å². The average molecular weight is 438 g/mol. The summed E-state index contributed by atoms with van der Waals surface area (Å²) in [5.41, 5.74) is 2.38. The predicted octanol–water partition coefficient (Wildman–Crippen LogP) is 2.01. The van der Waals surface area contributed by atoms with Crippen LogP contribution in [0.4, 0.5) is 5.82 Å². The van der Waals surface area contributed by atoms with Crippen molar-refractivity contribution in [1.29, 1.82) is 0 Å². The molecular weight excluding hydrogens is 406 g/mol. The summed E-state index contributed by atoms with van der Waals surface area (Å²) in [5.74, 6) is 2.02. The molecule has 1 N–H and O–H groups in total. The minimum Gasteiger partial charge on any atom is -0.352 e. The summed E-state index contributed by atoms with van der Waals surface area (Å²) in [6.07, 6.45) is 8.70. The van der Waals surface area contributed by atoms with E-state index < -0.39 is 0 Å². The Labute approximate surface area is 188 Å². The van der Waals surface area contributed by atoms with Crippen LogP contribution < -0.4 is 10.2 Å². The van der Waals surface area contributed by atoms with Crippen LogP contribution in [-0.2, 0) is 24.8 Å². The maximum Gasteiger partial charge on any atom is 0.252 e. The lowest BCUT2D eigenvalue weighted by atomic mass is 10.2. The van der Waals surface area contributed by atoms with Crippen molar-refractivity contribution in [3.63, 3.8) is 0 Å². The number of carbonyl (C=O) groups is 2. The van der Waals surface area contributed by atoms with Crippen LogP contribution in [0.25, 0.3) is 5.65 Å². The number of aryl methyl sites for hydroxylation is 2. The highest BCUT2D eigenvalue weighted by atomic mass is 16.2. The summed E-state index contributed by atoms with van der Waals surface area (Å²) in [6, 6.07) is 3.69. The van der Waals surface area contributed by atoms with E-state index >= 15 is 0 Å². The van der Waals surface area contributed by atoms with E-state index in [9.17, 15) is 9.59 Å². The largest absolute Gasteiger partial charge is 0.352 e. The van der Waals surface area contributed by atoms with Gasteiger partial charge in [0.1, 0.15) is 17.3 Å². The van der Waals surface area contributed by atoms with E-state index in [0.29, 0.717) is 31.6 Å². The number of fused-ring (bicyclic) bond motifs is 1. The summed E-state index contributed by atoms with van der Waals surface area (Å²) in [6.45, 7) is 4.78. The number of anilines is 1. The summed E-state index contributed by atoms with van der Waals surface area (Å²) in [4.78, 5) is 37.6. The molecule has 3 aromatic heterocycles. The number of amides is 2. The van der Waals surface area contributed by atoms with Gasteiger partial charge in [-0.15, -0.1) is 0 Å². The first-order valence-corrected chi connectivity index (χ1v) is 11.2. The third-order valence-corrected chi connectivity index (χ3v) is 5.98. The Kier molecular flexibility index (Phi) is 6.43. The van der Waals surface area contributed by atoms with Crippen molar-refractivity contribution >= 4 is 23.3 Å². The summed E-state index contributed by atoms with van der Waals surface area (Å²) >= 11 is 0. The number of likely N-dealkylation sites (tertiary alicyclic amines) is 1. The Morgan fingerprint density at radius 2 is 2.16 bits per heavy atom. The second-order valence-electron chi connectivity index (χ2n) is 8.29. The Morgan fingerprint density at radius 1 is 1.31 bits per heavy atom. The van der Waals surface area contributed by atoms with Crippen molar-refractivity contribution in [1.82, 2.24) is 29.2 Å². The second-order valence-corrected chi connectivity index (χ2v) is 8.29. The molecule has 0 bridgehead atoms. The molecule has 0 unspecified atom stereocenters. The molecule has 9 heteroatoms. The summed E-state index contributed by atoms with van der Waals surface area (Å²) < 4.78 is 3.99. The number of aromatic nitrogens is 4. The standard InChI is InChI=1S/C23H31N7O2/c1-4-18-23(28(3)16-20-24-11-14-27(20)2)30-15-17(8-9-19(30)26-18)22(32)25-10-6-13-29-12-5-7-21(29)31/h8-9,11,14-15H,4-7,10,12-13,16H2,1-3H3,(H,25,32). The molecule has 4 heterocycles. The zero-order chi connectivity index (χ0) is 22.7. The molecule has 0 aliphatic carbocycles. The van der Waals surface area contributed by atoms with Crippen molar-refractivity contribution < 1.29 is 9.59 Å². The van der Waals surface area contributed by atoms with Gasteiger partial charge in [0.2, 0.25) is 5.91 Å². The molecule has 32 heavy (non-hydrogen) atoms. The smallest absolute Gasteiger partial charge is 0.252 e. The lowest BCUT2D eigenvalue weighted by Gasteiger charge is -2.20. The molecule has 0 saturated carbocycles. The lowest BCUT2D eigenvalue weighted by molar-refractivity contribution is -0.127. The van der Waals surface area contributed by atoms with Crippen LogP contribution in [0.15, 0.2) is 30.7 Å². The third kappa shape index (κ3) is 4.46. The molecule has 1 saturated heterocycles. The number of pyridine rings is 1. The molecule has 9 nitrogen and oxygen atoms in total. The predicted molar refractivity (Wildman–Crippen MR) is 123 cm³/mol. The molecule has 2 amide bonds. The Balaban J connectivity index is 1.47. The highest BCUT2D eigenvalue weighted by Crippen LogP contribution is 2.24. The van der Waals surface area contributed by atoms with E-state index in [2.05, 4.69) is 22.1 Å². The van der Waals surface area contributed by atoms with Crippen LogP contribution in [0, 0.1) is 0 Å². The van der Waals surface area contributed by atoms with Gasteiger partial charge in [-0.25, -0.2) is 9.97 Å². The van der Waals surface area contributed by atoms with Gasteiger partial charge in [0.15, 0.2) is 0 Å². The van der Waals surface area contributed by atoms with Gasteiger partial charge in [0.05, 0.1) is 17.8 Å². The molecular formula is C23H31N7O2. The number of carbonyl (C=O) groups excluding carboxylic acids is 2. The molecule has 1 aliphatic heterocycles. The molecule has 3 aromatic rings. The monoisotopic (exact) mass is 437 g/mol. The second kappa shape index (κ2) is 9.42. The normalized spacial score (nSPS) is 13.8. The van der Waals surface area contributed by atoms with Crippen LogP contribution >= 0.6 is 0 Å². The van der Waals surface area contributed by atoms with E-state index in [1.807, 2.05) is 52.5 Å². The maximum atomic E-state index is 12.8. The van der Waals surface area contributed by atoms with Crippen molar-refractivity contribution in [2.24, 2.45) is 7.05 Å². The fourth-order valence-corrected chi connectivity index (χ4v) is 4.21. The Morgan fingerprint density at radius 3 is 2.84 bits per heavy atom. The van der Waals surface area contributed by atoms with Crippen LogP contribution in [0.5, 0.6) is 0 Å². The highest BCUT2D eigenvalue weighted by molar-refractivity contribution is 5.94. The molecule has 170 valence electrons. The molecule has 0 radical (unpaired) electrons. The molecule has 1 aliphatic rings. The topological polar surface area (TPSA) is 87.8 Å². The first-order valence-electron chi connectivity index (χ1n) is 11.2. The number of hydrogen-bond acceptors (Lipinski definition) is 5. The first kappa shape index (κ1) is 21.9. The molecule has 0 aromatic carbocycles. The van der Waals surface area contributed by atoms with Gasteiger partial charge in [-0.2, -0.15) is 0 Å². The van der Waals surface area contributed by atoms with Gasteiger partial charge >= 0.3 is 0 Å². The number of rotatable bonds is 9. The highest BCUT2D eigenvalue weighted by Gasteiger charge is 2.20. The summed E-state index contributed by atoms with van der Waals surface area (Å²) in [5, 5.41) is 2.98. The van der Waals surface area contributed by atoms with Gasteiger partial charge < -0.3 is 19.7 Å². The zero-order valence-corrected chi connectivity index (χ0v) is 19.0. The Hall–Kier alpha value is -3.36. The molecule has 4 rings (SSSR count). The van der Waals surface area contributed by atoms with E-state index in [0.717, 1.165) is 48.8 Å². The van der Waals surface area contributed by atoms with Gasteiger partial charge in [0.25, 0.3) is 5.91 Å². The zero-order valence-electron chi connectivity index (χ0n) is 19.0. The van der Waals surface area contributed by atoms with Crippen molar-refractivity contribution in [3.05, 3.63) is 47.8 Å². The minimum atomic E-state index is -0.121. The molecule has 0 atom stereocenters. The number of imidazole rings is 2. The van der Waals surface area contributed by atoms with Crippen molar-refractivity contribution in [2.45, 2.75) is 39.2 Å². The Bertz CT molecular complexity index is 1120. The van der Waals surface area contributed by atoms with Crippen LogP contribution in [-0.4, -0.2) is 62.3 Å². The summed E-state index contributed by atoms with van der Waals surface area (Å²) in [7, 11) is 4.00. The van der Waals surface area contributed by atoms with Gasteiger partial charge in [-0.3, -0.25) is 14.0 Å². The van der Waals surface area contributed by atoms with Crippen LogP contribution in [0.2, 0.25) is 0 Å². The SMILES string of the molecule is CCc1nc2ccc(C(=O)NCCCN3CCCC3=O)cn2c1N(C)Cc1nccn1C. The van der Waals surface area contributed by atoms with Crippen molar-refractivity contribution in [2.75, 3.05) is 31.6 Å². The third-order valence-electron chi connectivity index (χ3n) is 5.98. The maximum absolute atomic E-state index is 12.8. The molecule has 0 spiro atoms. The van der Waals surface area contributed by atoms with E-state index in [1.165, 1.54) is 0 Å². The fraction of sp³-hybridized carbons (Fsp3) is 0.478. The first-order chi connectivity index (χ1) is 15.5. The lowest BCUT2D eigenvalue weighted by Crippen LogP contribution is -2.30. The molecule has 1 fully saturated rings. The minimum absolute atomic E-state index is 0.121. The average Bonchev–Trinajstić information content (AvgIpc) is 3.49. The van der Waals surface area contributed by atoms with Crippen molar-refractivity contribution in [3.8, 4) is 0 Å². The van der Waals surface area contributed by atoms with Crippen LogP contribution in [0.1, 0.15) is 48.1 Å². The van der Waals surface area contributed by atoms with E-state index in [-0.39, 0.29) is 11.8 Å². The van der Waals surface area contributed by atoms with Gasteiger partial charge in [0, 0.05) is 58.7 Å². The number of hydrogen-bond donors (Lipinski definition) is 1. The fourth-order valence-electron chi connectivity index (χ4n) is 4.21. The number of nitrogens with one attached hydrogen (secondary N) is 1. The van der Waals surface area contributed by atoms with Gasteiger partial charge in [-0.1, -0.05) is 6.92 Å². The van der Waals surface area contributed by atoms with E-state index in [1.54, 1.807) is 6.20 Å². The number of nitrogens with zero attached hydrogens (tertiary/aromatic N) is 6. The van der Waals surface area contributed by atoms with E-state index in [4.69, 9.17) is 4.98 Å². The quantitative estimate of drug-likeness (QED) is 0.518.